The van der Waals surface area contributed by atoms with Gasteiger partial charge in [-0.15, -0.1) is 4.99 Å². The van der Waals surface area contributed by atoms with Crippen molar-refractivity contribution in [3.63, 3.8) is 0 Å². The number of hydrogen-bond acceptors (Lipinski definition) is 3. The summed E-state index contributed by atoms with van der Waals surface area (Å²) in [4.78, 5) is 36.9. The molecule has 0 spiro atoms. The number of anilines is 1. The molecule has 1 N–H and O–H groups in total. The highest BCUT2D eigenvalue weighted by Crippen LogP contribution is 2.41. The van der Waals surface area contributed by atoms with Crippen LogP contribution >= 0.6 is 0 Å². The molecule has 4 rings (SSSR count). The van der Waals surface area contributed by atoms with Crippen molar-refractivity contribution in [1.29, 1.82) is 0 Å². The molecule has 0 aromatic heterocycles. The second-order valence-electron chi connectivity index (χ2n) is 10.4. The quantitative estimate of drug-likeness (QED) is 0.540. The Balaban J connectivity index is 1.66. The van der Waals surface area contributed by atoms with Gasteiger partial charge in [0.1, 0.15) is 0 Å². The maximum atomic E-state index is 13.0. The van der Waals surface area contributed by atoms with Crippen LogP contribution in [-0.4, -0.2) is 53.6 Å². The Morgan fingerprint density at radius 3 is 2.49 bits per heavy atom. The van der Waals surface area contributed by atoms with Gasteiger partial charge in [0.05, 0.1) is 0 Å². The second kappa shape index (κ2) is 10.1. The normalized spacial score (nSPS) is 20.2. The molecule has 1 aromatic rings. The van der Waals surface area contributed by atoms with E-state index in [4.69, 9.17) is 6.57 Å². The first-order valence-electron chi connectivity index (χ1n) is 12.6. The predicted octanol–water partition coefficient (Wildman–Crippen LogP) is 5.68. The van der Waals surface area contributed by atoms with Gasteiger partial charge in [-0.3, -0.25) is 4.79 Å². The van der Waals surface area contributed by atoms with Crippen LogP contribution in [0.15, 0.2) is 41.2 Å². The molecular weight excluding hydrogens is 438 g/mol. The topological polar surface area (TPSA) is 69.4 Å². The standard InChI is InChI=1S/C28H35N5O2/c1-6-32-17-21(18-33(7-2)27(32)35)20-8-9-23(31-26(34)24-10-11-25(29-5)30-24)22(16-20)19-12-14-28(3,4)15-13-19/h8-9,11-12,16,21H,6-7,10,13-15,17-18H2,1-4H3,(H,31,34). The van der Waals surface area contributed by atoms with Crippen LogP contribution in [0, 0.1) is 12.0 Å². The third-order valence-electron chi connectivity index (χ3n) is 7.37. The summed E-state index contributed by atoms with van der Waals surface area (Å²) in [7, 11) is 0. The summed E-state index contributed by atoms with van der Waals surface area (Å²) in [5.41, 5.74) is 4.90. The largest absolute Gasteiger partial charge is 0.361 e. The van der Waals surface area contributed by atoms with Crippen LogP contribution in [0.4, 0.5) is 10.5 Å². The van der Waals surface area contributed by atoms with Crippen LogP contribution in [-0.2, 0) is 4.79 Å². The highest BCUT2D eigenvalue weighted by molar-refractivity contribution is 6.44. The number of nitrogens with zero attached hydrogens (tertiary/aromatic N) is 4. The fourth-order valence-electron chi connectivity index (χ4n) is 5.02. The first-order valence-corrected chi connectivity index (χ1v) is 12.6. The van der Waals surface area contributed by atoms with Crippen LogP contribution in [0.2, 0.25) is 0 Å². The van der Waals surface area contributed by atoms with Crippen molar-refractivity contribution in [1.82, 2.24) is 9.80 Å². The lowest BCUT2D eigenvalue weighted by molar-refractivity contribution is -0.110. The first-order chi connectivity index (χ1) is 16.7. The average molecular weight is 474 g/mol. The van der Waals surface area contributed by atoms with Crippen molar-refractivity contribution in [2.24, 2.45) is 10.4 Å². The SMILES string of the molecule is [C-]#[N+]C1=CCC(C(=O)Nc2ccc(C3CN(CC)C(=O)N(CC)C3)cc2C2=CCC(C)(C)CC2)=N1. The maximum Gasteiger partial charge on any atom is 0.320 e. The van der Waals surface area contributed by atoms with E-state index in [0.717, 1.165) is 30.5 Å². The Morgan fingerprint density at radius 2 is 1.91 bits per heavy atom. The lowest BCUT2D eigenvalue weighted by Gasteiger charge is -2.39. The van der Waals surface area contributed by atoms with Crippen LogP contribution in [0.25, 0.3) is 10.4 Å². The number of aliphatic imine (C=N–C) groups is 1. The third kappa shape index (κ3) is 5.32. The summed E-state index contributed by atoms with van der Waals surface area (Å²) in [6, 6.07) is 6.39. The summed E-state index contributed by atoms with van der Waals surface area (Å²) in [5.74, 6) is 0.223. The summed E-state index contributed by atoms with van der Waals surface area (Å²) < 4.78 is 0. The molecule has 1 aliphatic carbocycles. The fourth-order valence-corrected chi connectivity index (χ4v) is 5.02. The minimum absolute atomic E-state index is 0.109. The van der Waals surface area contributed by atoms with Crippen LogP contribution in [0.3, 0.4) is 0 Å². The summed E-state index contributed by atoms with van der Waals surface area (Å²) in [6.45, 7) is 18.5. The van der Waals surface area contributed by atoms with Gasteiger partial charge in [-0.1, -0.05) is 38.6 Å². The van der Waals surface area contributed by atoms with E-state index in [0.29, 0.717) is 38.3 Å². The molecule has 2 heterocycles. The Kier molecular flexibility index (Phi) is 7.11. The van der Waals surface area contributed by atoms with Gasteiger partial charge in [-0.2, -0.15) is 0 Å². The van der Waals surface area contributed by atoms with Crippen molar-refractivity contribution in [2.45, 2.75) is 59.3 Å². The number of likely N-dealkylation sites (N-methyl/N-ethyl adjacent to an activating group) is 2. The van der Waals surface area contributed by atoms with Gasteiger partial charge in [0, 0.05) is 49.8 Å². The van der Waals surface area contributed by atoms with Crippen molar-refractivity contribution in [3.8, 4) is 0 Å². The predicted molar refractivity (Wildman–Crippen MR) is 140 cm³/mol. The van der Waals surface area contributed by atoms with E-state index in [1.165, 1.54) is 11.1 Å². The van der Waals surface area contributed by atoms with Crippen LogP contribution < -0.4 is 5.32 Å². The second-order valence-corrected chi connectivity index (χ2v) is 10.4. The van der Waals surface area contributed by atoms with E-state index >= 15 is 0 Å². The molecule has 2 aliphatic heterocycles. The molecule has 35 heavy (non-hydrogen) atoms. The van der Waals surface area contributed by atoms with Crippen LogP contribution in [0.5, 0.6) is 0 Å². The molecule has 1 fully saturated rings. The molecule has 0 atom stereocenters. The summed E-state index contributed by atoms with van der Waals surface area (Å²) in [5, 5.41) is 3.07. The molecule has 7 nitrogen and oxygen atoms in total. The van der Waals surface area contributed by atoms with Gasteiger partial charge < -0.3 is 20.0 Å². The molecule has 7 heteroatoms. The van der Waals surface area contributed by atoms with Gasteiger partial charge in [-0.05, 0) is 61.8 Å². The number of hydrogen-bond donors (Lipinski definition) is 1. The molecule has 0 radical (unpaired) electrons. The molecule has 1 saturated heterocycles. The van der Waals surface area contributed by atoms with E-state index < -0.39 is 0 Å². The Bertz CT molecular complexity index is 1140. The minimum atomic E-state index is -0.261. The molecule has 3 aliphatic rings. The maximum absolute atomic E-state index is 13.0. The average Bonchev–Trinajstić information content (AvgIpc) is 3.34. The van der Waals surface area contributed by atoms with E-state index in [9.17, 15) is 9.59 Å². The number of carbonyl (C=O) groups is 2. The summed E-state index contributed by atoms with van der Waals surface area (Å²) in [6.07, 6.45) is 7.41. The zero-order chi connectivity index (χ0) is 25.2. The molecule has 0 unspecified atom stereocenters. The Morgan fingerprint density at radius 1 is 1.20 bits per heavy atom. The number of allylic oxidation sites excluding steroid dienone is 3. The molecule has 3 amide bonds. The monoisotopic (exact) mass is 473 g/mol. The van der Waals surface area contributed by atoms with Crippen molar-refractivity contribution in [3.05, 3.63) is 58.7 Å². The number of carbonyl (C=O) groups excluding carboxylic acids is 2. The van der Waals surface area contributed by atoms with Gasteiger partial charge in [0.2, 0.25) is 0 Å². The summed E-state index contributed by atoms with van der Waals surface area (Å²) >= 11 is 0. The van der Waals surface area contributed by atoms with Crippen LogP contribution in [0.1, 0.15) is 70.4 Å². The van der Waals surface area contributed by atoms with E-state index in [1.807, 2.05) is 29.7 Å². The third-order valence-corrected chi connectivity index (χ3v) is 7.37. The Labute approximate surface area is 208 Å². The lowest BCUT2D eigenvalue weighted by Crippen LogP contribution is -2.52. The zero-order valence-electron chi connectivity index (χ0n) is 21.2. The first kappa shape index (κ1) is 24.7. The van der Waals surface area contributed by atoms with E-state index in [-0.39, 0.29) is 29.1 Å². The number of urea groups is 1. The number of rotatable bonds is 6. The molecule has 184 valence electrons. The van der Waals surface area contributed by atoms with Crippen molar-refractivity contribution >= 4 is 28.9 Å². The molecule has 1 aromatic carbocycles. The van der Waals surface area contributed by atoms with Crippen molar-refractivity contribution < 1.29 is 9.59 Å². The van der Waals surface area contributed by atoms with E-state index in [2.05, 4.69) is 47.2 Å². The minimum Gasteiger partial charge on any atom is -0.361 e. The molecular formula is C28H35N5O2. The lowest BCUT2D eigenvalue weighted by atomic mass is 9.76. The molecule has 0 bridgehead atoms. The van der Waals surface area contributed by atoms with Gasteiger partial charge in [0.25, 0.3) is 11.7 Å². The highest BCUT2D eigenvalue weighted by Gasteiger charge is 2.32. The van der Waals surface area contributed by atoms with Gasteiger partial charge >= 0.3 is 6.03 Å². The smallest absolute Gasteiger partial charge is 0.320 e. The fraction of sp³-hybridized carbons (Fsp3) is 0.500. The Hall–Kier alpha value is -3.40. The zero-order valence-corrected chi connectivity index (χ0v) is 21.2. The molecule has 0 saturated carbocycles. The highest BCUT2D eigenvalue weighted by atomic mass is 16.2. The van der Waals surface area contributed by atoms with E-state index in [1.54, 1.807) is 6.08 Å². The van der Waals surface area contributed by atoms with Crippen molar-refractivity contribution in [2.75, 3.05) is 31.5 Å². The number of amides is 3. The number of benzene rings is 1. The van der Waals surface area contributed by atoms with Gasteiger partial charge in [-0.25, -0.2) is 4.79 Å². The number of nitrogens with one attached hydrogen (secondary N) is 1. The van der Waals surface area contributed by atoms with Gasteiger partial charge in [0.15, 0.2) is 5.71 Å².